The Morgan fingerprint density at radius 3 is 2.58 bits per heavy atom. The number of hydrogen-bond acceptors (Lipinski definition) is 5. The Morgan fingerprint density at radius 2 is 2.00 bits per heavy atom. The fourth-order valence-corrected chi connectivity index (χ4v) is 2.39. The van der Waals surface area contributed by atoms with Crippen LogP contribution in [0.3, 0.4) is 0 Å². The van der Waals surface area contributed by atoms with Crippen LogP contribution < -0.4 is 10.6 Å². The van der Waals surface area contributed by atoms with Crippen LogP contribution in [-0.4, -0.2) is 11.5 Å². The van der Waals surface area contributed by atoms with E-state index in [0.717, 1.165) is 17.9 Å². The van der Waals surface area contributed by atoms with E-state index in [1.54, 1.807) is 23.5 Å². The zero-order valence-electron chi connectivity index (χ0n) is 10.6. The molecule has 0 aliphatic heterocycles. The highest BCUT2D eigenvalue weighted by atomic mass is 32.1. The number of hydrogen-bond donors (Lipinski definition) is 2. The van der Waals surface area contributed by atoms with Crippen LogP contribution in [0.15, 0.2) is 35.0 Å². The first-order chi connectivity index (χ1) is 9.19. The maximum absolute atomic E-state index is 10.9. The second-order valence-electron chi connectivity index (χ2n) is 4.04. The first-order valence-electron chi connectivity index (χ1n) is 5.97. The molecule has 0 bridgehead atoms. The number of nitro benzene ring substituents is 1. The predicted octanol–water partition coefficient (Wildman–Crippen LogP) is 3.70. The van der Waals surface area contributed by atoms with Gasteiger partial charge in [-0.05, 0) is 35.4 Å². The van der Waals surface area contributed by atoms with Gasteiger partial charge in [0.2, 0.25) is 0 Å². The molecule has 1 aromatic carbocycles. The molecular formula is C13H15N3O2S. The molecule has 0 aliphatic carbocycles. The van der Waals surface area contributed by atoms with E-state index in [2.05, 4.69) is 16.0 Å². The predicted molar refractivity (Wildman–Crippen MR) is 78.9 cm³/mol. The summed E-state index contributed by atoms with van der Waals surface area (Å²) in [6.07, 6.45) is 0. The third kappa shape index (κ3) is 3.69. The van der Waals surface area contributed by atoms with Gasteiger partial charge in [-0.2, -0.15) is 11.3 Å². The van der Waals surface area contributed by atoms with Crippen molar-refractivity contribution in [2.45, 2.75) is 13.5 Å². The summed E-state index contributed by atoms with van der Waals surface area (Å²) in [5, 5.41) is 21.3. The fourth-order valence-electron chi connectivity index (χ4n) is 1.72. The summed E-state index contributed by atoms with van der Waals surface area (Å²) < 4.78 is 0. The molecule has 6 heteroatoms. The number of non-ortho nitro benzene ring substituents is 1. The molecule has 1 aromatic heterocycles. The summed E-state index contributed by atoms with van der Waals surface area (Å²) in [6.45, 7) is 3.35. The Labute approximate surface area is 115 Å². The van der Waals surface area contributed by atoms with Crippen molar-refractivity contribution in [3.63, 3.8) is 0 Å². The van der Waals surface area contributed by atoms with Crippen molar-refractivity contribution in [3.8, 4) is 0 Å². The average molecular weight is 277 g/mol. The molecule has 0 radical (unpaired) electrons. The lowest BCUT2D eigenvalue weighted by Crippen LogP contribution is -2.02. The van der Waals surface area contributed by atoms with Crippen molar-refractivity contribution in [1.82, 2.24) is 0 Å². The number of rotatable bonds is 6. The molecule has 5 nitrogen and oxygen atoms in total. The number of nitrogens with one attached hydrogen (secondary N) is 2. The van der Waals surface area contributed by atoms with Crippen molar-refractivity contribution in [3.05, 3.63) is 50.7 Å². The molecule has 0 saturated carbocycles. The van der Waals surface area contributed by atoms with E-state index in [1.165, 1.54) is 5.56 Å². The molecule has 0 aliphatic rings. The van der Waals surface area contributed by atoms with Crippen LogP contribution in [0.5, 0.6) is 0 Å². The summed E-state index contributed by atoms with van der Waals surface area (Å²) in [7, 11) is 0. The minimum atomic E-state index is -0.378. The van der Waals surface area contributed by atoms with Gasteiger partial charge in [-0.15, -0.1) is 0 Å². The van der Waals surface area contributed by atoms with Crippen LogP contribution in [0.4, 0.5) is 17.1 Å². The number of benzene rings is 1. The van der Waals surface area contributed by atoms with Gasteiger partial charge in [0.15, 0.2) is 0 Å². The molecule has 19 heavy (non-hydrogen) atoms. The summed E-state index contributed by atoms with van der Waals surface area (Å²) >= 11 is 1.63. The summed E-state index contributed by atoms with van der Waals surface area (Å²) in [4.78, 5) is 10.5. The zero-order valence-corrected chi connectivity index (χ0v) is 11.4. The van der Waals surface area contributed by atoms with Gasteiger partial charge in [0, 0.05) is 36.6 Å². The van der Waals surface area contributed by atoms with E-state index >= 15 is 0 Å². The van der Waals surface area contributed by atoms with Gasteiger partial charge < -0.3 is 10.6 Å². The molecule has 0 atom stereocenters. The minimum Gasteiger partial charge on any atom is -0.385 e. The van der Waals surface area contributed by atoms with Crippen LogP contribution in [-0.2, 0) is 6.54 Å². The van der Waals surface area contributed by atoms with E-state index in [9.17, 15) is 10.1 Å². The van der Waals surface area contributed by atoms with Crippen molar-refractivity contribution >= 4 is 28.4 Å². The van der Waals surface area contributed by atoms with E-state index in [0.29, 0.717) is 6.54 Å². The molecule has 0 amide bonds. The van der Waals surface area contributed by atoms with Crippen molar-refractivity contribution in [2.75, 3.05) is 17.2 Å². The second kappa shape index (κ2) is 6.19. The highest BCUT2D eigenvalue weighted by molar-refractivity contribution is 7.07. The summed E-state index contributed by atoms with van der Waals surface area (Å²) in [6, 6.07) is 7.00. The van der Waals surface area contributed by atoms with Gasteiger partial charge in [-0.1, -0.05) is 0 Å². The Bertz CT molecular complexity index is 555. The van der Waals surface area contributed by atoms with E-state index in [4.69, 9.17) is 0 Å². The molecular weight excluding hydrogens is 262 g/mol. The first kappa shape index (κ1) is 13.4. The molecule has 0 spiro atoms. The van der Waals surface area contributed by atoms with Gasteiger partial charge >= 0.3 is 0 Å². The lowest BCUT2D eigenvalue weighted by atomic mass is 10.2. The maximum Gasteiger partial charge on any atom is 0.273 e. The van der Waals surface area contributed by atoms with Crippen molar-refractivity contribution in [1.29, 1.82) is 0 Å². The highest BCUT2D eigenvalue weighted by Gasteiger charge is 2.09. The monoisotopic (exact) mass is 277 g/mol. The van der Waals surface area contributed by atoms with Crippen molar-refractivity contribution in [2.24, 2.45) is 0 Å². The minimum absolute atomic E-state index is 0.0891. The molecule has 0 fully saturated rings. The van der Waals surface area contributed by atoms with Gasteiger partial charge in [0.1, 0.15) is 0 Å². The molecule has 0 unspecified atom stereocenters. The highest BCUT2D eigenvalue weighted by Crippen LogP contribution is 2.24. The van der Waals surface area contributed by atoms with Crippen LogP contribution in [0.1, 0.15) is 12.5 Å². The largest absolute Gasteiger partial charge is 0.385 e. The smallest absolute Gasteiger partial charge is 0.273 e. The number of anilines is 2. The second-order valence-corrected chi connectivity index (χ2v) is 4.82. The molecule has 2 N–H and O–H groups in total. The quantitative estimate of drug-likeness (QED) is 0.624. The van der Waals surface area contributed by atoms with E-state index in [1.807, 2.05) is 24.4 Å². The molecule has 100 valence electrons. The lowest BCUT2D eigenvalue weighted by Gasteiger charge is -2.09. The third-order valence-electron chi connectivity index (χ3n) is 2.59. The standard InChI is InChI=1S/C13H15N3O2S/c1-2-14-11-5-12(7-13(6-11)16(17)18)15-8-10-3-4-19-9-10/h3-7,9,14-15H,2,8H2,1H3. The molecule has 0 saturated heterocycles. The lowest BCUT2D eigenvalue weighted by molar-refractivity contribution is -0.384. The fraction of sp³-hybridized carbons (Fsp3) is 0.231. The number of nitrogens with zero attached hydrogens (tertiary/aromatic N) is 1. The van der Waals surface area contributed by atoms with Gasteiger partial charge in [-0.25, -0.2) is 0 Å². The van der Waals surface area contributed by atoms with E-state index in [-0.39, 0.29) is 10.6 Å². The van der Waals surface area contributed by atoms with Crippen LogP contribution in [0, 0.1) is 10.1 Å². The zero-order chi connectivity index (χ0) is 13.7. The molecule has 2 rings (SSSR count). The van der Waals surface area contributed by atoms with Crippen LogP contribution >= 0.6 is 11.3 Å². The number of thiophene rings is 1. The third-order valence-corrected chi connectivity index (χ3v) is 3.32. The van der Waals surface area contributed by atoms with Gasteiger partial charge in [0.25, 0.3) is 5.69 Å². The summed E-state index contributed by atoms with van der Waals surface area (Å²) in [5.41, 5.74) is 2.76. The Hall–Kier alpha value is -2.08. The van der Waals surface area contributed by atoms with Crippen LogP contribution in [0.25, 0.3) is 0 Å². The SMILES string of the molecule is CCNc1cc(NCc2ccsc2)cc([N+](=O)[O-])c1. The first-order valence-corrected chi connectivity index (χ1v) is 6.91. The maximum atomic E-state index is 10.9. The van der Waals surface area contributed by atoms with Crippen LogP contribution in [0.2, 0.25) is 0 Å². The van der Waals surface area contributed by atoms with E-state index < -0.39 is 0 Å². The molecule has 2 aromatic rings. The molecule has 1 heterocycles. The van der Waals surface area contributed by atoms with Gasteiger partial charge in [0.05, 0.1) is 4.92 Å². The number of nitro groups is 1. The Balaban J connectivity index is 2.16. The van der Waals surface area contributed by atoms with Gasteiger partial charge in [-0.3, -0.25) is 10.1 Å². The Kier molecular flexibility index (Phi) is 4.35. The summed E-state index contributed by atoms with van der Waals surface area (Å²) in [5.74, 6) is 0. The average Bonchev–Trinajstić information content (AvgIpc) is 2.89. The Morgan fingerprint density at radius 1 is 1.26 bits per heavy atom. The topological polar surface area (TPSA) is 67.2 Å². The van der Waals surface area contributed by atoms with Crippen molar-refractivity contribution < 1.29 is 4.92 Å². The normalized spacial score (nSPS) is 10.2.